The maximum atomic E-state index is 12.9. The van der Waals surface area contributed by atoms with Gasteiger partial charge in [0.1, 0.15) is 0 Å². The number of hydrogen-bond acceptors (Lipinski definition) is 1. The highest BCUT2D eigenvalue weighted by Crippen LogP contribution is 2.39. The summed E-state index contributed by atoms with van der Waals surface area (Å²) >= 11 is 0. The Hall–Kier alpha value is -1.03. The van der Waals surface area contributed by atoms with Gasteiger partial charge in [-0.2, -0.15) is 13.2 Å². The summed E-state index contributed by atoms with van der Waals surface area (Å²) in [6.07, 6.45) is 7.54. The van der Waals surface area contributed by atoms with Crippen LogP contribution in [0.4, 0.5) is 13.2 Å². The van der Waals surface area contributed by atoms with Gasteiger partial charge in [0.05, 0.1) is 11.2 Å². The van der Waals surface area contributed by atoms with Gasteiger partial charge >= 0.3 is 6.18 Å². The van der Waals surface area contributed by atoms with Crippen LogP contribution in [-0.2, 0) is 12.6 Å². The van der Waals surface area contributed by atoms with Crippen LogP contribution in [0, 0.1) is 17.8 Å². The van der Waals surface area contributed by atoms with E-state index in [1.807, 2.05) is 0 Å². The zero-order chi connectivity index (χ0) is 23.5. The SMILES string of the molecule is CCCCCCCCC(CCCCc1cccc(C(F)(F)F)c1)C(O)(C(C)C)C(C)C. The van der Waals surface area contributed by atoms with E-state index in [2.05, 4.69) is 34.6 Å². The number of aryl methyl sites for hydroxylation is 1. The monoisotopic (exact) mass is 442 g/mol. The molecular formula is C27H45F3O. The van der Waals surface area contributed by atoms with E-state index in [1.54, 1.807) is 6.07 Å². The third kappa shape index (κ3) is 9.16. The molecule has 0 bridgehead atoms. The Labute approximate surface area is 188 Å². The van der Waals surface area contributed by atoms with Crippen molar-refractivity contribution < 1.29 is 18.3 Å². The molecule has 0 amide bonds. The van der Waals surface area contributed by atoms with E-state index in [4.69, 9.17) is 0 Å². The van der Waals surface area contributed by atoms with Crippen molar-refractivity contribution in [3.63, 3.8) is 0 Å². The zero-order valence-corrected chi connectivity index (χ0v) is 20.4. The summed E-state index contributed by atoms with van der Waals surface area (Å²) in [5.74, 6) is 0.599. The molecule has 0 saturated heterocycles. The highest BCUT2D eigenvalue weighted by molar-refractivity contribution is 5.25. The second-order valence-corrected chi connectivity index (χ2v) is 9.89. The molecule has 4 heteroatoms. The molecule has 1 atom stereocenters. The number of alkyl halides is 3. The van der Waals surface area contributed by atoms with Crippen molar-refractivity contribution >= 4 is 0 Å². The van der Waals surface area contributed by atoms with Crippen LogP contribution in [0.3, 0.4) is 0 Å². The molecule has 0 radical (unpaired) electrons. The maximum Gasteiger partial charge on any atom is 0.416 e. The van der Waals surface area contributed by atoms with E-state index in [0.717, 1.165) is 43.7 Å². The first-order valence-corrected chi connectivity index (χ1v) is 12.4. The molecule has 0 heterocycles. The smallest absolute Gasteiger partial charge is 0.389 e. The highest BCUT2D eigenvalue weighted by atomic mass is 19.4. The van der Waals surface area contributed by atoms with Crippen molar-refractivity contribution in [3.05, 3.63) is 35.4 Å². The molecule has 0 aliphatic carbocycles. The summed E-state index contributed by atoms with van der Waals surface area (Å²) in [7, 11) is 0. The molecule has 1 aromatic rings. The molecule has 0 saturated carbocycles. The van der Waals surface area contributed by atoms with Gasteiger partial charge < -0.3 is 5.11 Å². The third-order valence-corrected chi connectivity index (χ3v) is 6.93. The van der Waals surface area contributed by atoms with Gasteiger partial charge in [-0.05, 0) is 55.1 Å². The molecule has 1 nitrogen and oxygen atoms in total. The predicted octanol–water partition coefficient (Wildman–Crippen LogP) is 8.83. The average Bonchev–Trinajstić information content (AvgIpc) is 2.70. The van der Waals surface area contributed by atoms with Crippen molar-refractivity contribution in [1.29, 1.82) is 0 Å². The van der Waals surface area contributed by atoms with Crippen molar-refractivity contribution in [1.82, 2.24) is 0 Å². The van der Waals surface area contributed by atoms with Crippen LogP contribution in [0.15, 0.2) is 24.3 Å². The van der Waals surface area contributed by atoms with Gasteiger partial charge in [0.15, 0.2) is 0 Å². The molecule has 1 unspecified atom stereocenters. The molecule has 0 fully saturated rings. The summed E-state index contributed by atoms with van der Waals surface area (Å²) in [5, 5.41) is 11.6. The summed E-state index contributed by atoms with van der Waals surface area (Å²) in [5.41, 5.74) is -0.523. The van der Waals surface area contributed by atoms with Crippen LogP contribution < -0.4 is 0 Å². The van der Waals surface area contributed by atoms with Crippen molar-refractivity contribution in [2.75, 3.05) is 0 Å². The molecule has 0 aliphatic rings. The van der Waals surface area contributed by atoms with Gasteiger partial charge in [0, 0.05) is 0 Å². The Morgan fingerprint density at radius 3 is 1.90 bits per heavy atom. The number of unbranched alkanes of at least 4 members (excludes halogenated alkanes) is 6. The molecule has 1 aromatic carbocycles. The number of halogens is 3. The first kappa shape index (κ1) is 28.0. The van der Waals surface area contributed by atoms with Crippen LogP contribution >= 0.6 is 0 Å². The van der Waals surface area contributed by atoms with Crippen LogP contribution in [0.2, 0.25) is 0 Å². The first-order chi connectivity index (χ1) is 14.5. The van der Waals surface area contributed by atoms with Gasteiger partial charge in [-0.25, -0.2) is 0 Å². The summed E-state index contributed by atoms with van der Waals surface area (Å²) in [6, 6.07) is 5.68. The van der Waals surface area contributed by atoms with E-state index in [-0.39, 0.29) is 17.8 Å². The second-order valence-electron chi connectivity index (χ2n) is 9.89. The molecule has 180 valence electrons. The molecular weight excluding hydrogens is 397 g/mol. The largest absolute Gasteiger partial charge is 0.416 e. The fraction of sp³-hybridized carbons (Fsp3) is 0.778. The number of hydrogen-bond donors (Lipinski definition) is 1. The van der Waals surface area contributed by atoms with Crippen molar-refractivity contribution in [2.24, 2.45) is 17.8 Å². The Bertz CT molecular complexity index is 599. The van der Waals surface area contributed by atoms with Gasteiger partial charge in [-0.3, -0.25) is 0 Å². The zero-order valence-electron chi connectivity index (χ0n) is 20.4. The van der Waals surface area contributed by atoms with E-state index >= 15 is 0 Å². The minimum Gasteiger partial charge on any atom is -0.389 e. The van der Waals surface area contributed by atoms with Crippen LogP contribution in [0.5, 0.6) is 0 Å². The highest BCUT2D eigenvalue weighted by Gasteiger charge is 2.41. The summed E-state index contributed by atoms with van der Waals surface area (Å²) in [6.45, 7) is 10.7. The number of benzene rings is 1. The summed E-state index contributed by atoms with van der Waals surface area (Å²) < 4.78 is 38.8. The van der Waals surface area contributed by atoms with E-state index in [0.29, 0.717) is 6.42 Å². The van der Waals surface area contributed by atoms with Gasteiger partial charge in [0.25, 0.3) is 0 Å². The fourth-order valence-corrected chi connectivity index (χ4v) is 5.01. The van der Waals surface area contributed by atoms with Crippen LogP contribution in [0.1, 0.15) is 110 Å². The minimum absolute atomic E-state index is 0.182. The number of rotatable bonds is 15. The number of aliphatic hydroxyl groups is 1. The Kier molecular flexibility index (Phi) is 12.2. The molecule has 0 aromatic heterocycles. The first-order valence-electron chi connectivity index (χ1n) is 12.4. The minimum atomic E-state index is -4.29. The lowest BCUT2D eigenvalue weighted by Gasteiger charge is -2.43. The molecule has 0 spiro atoms. The Balaban J connectivity index is 2.66. The lowest BCUT2D eigenvalue weighted by Crippen LogP contribution is -2.47. The van der Waals surface area contributed by atoms with E-state index < -0.39 is 17.3 Å². The Morgan fingerprint density at radius 2 is 1.35 bits per heavy atom. The quantitative estimate of drug-likeness (QED) is 0.269. The molecule has 31 heavy (non-hydrogen) atoms. The van der Waals surface area contributed by atoms with E-state index in [1.165, 1.54) is 44.2 Å². The van der Waals surface area contributed by atoms with Crippen molar-refractivity contribution in [2.45, 2.75) is 117 Å². The standard InChI is InChI=1S/C27H45F3O/c1-6-7-8-9-10-11-17-24(26(31,21(2)3)22(4)5)18-13-12-15-23-16-14-19-25(20-23)27(28,29)30/h14,16,19-22,24,31H,6-13,15,17-18H2,1-5H3. The predicted molar refractivity (Wildman–Crippen MR) is 125 cm³/mol. The van der Waals surface area contributed by atoms with E-state index in [9.17, 15) is 18.3 Å². The topological polar surface area (TPSA) is 20.2 Å². The summed E-state index contributed by atoms with van der Waals surface area (Å²) in [4.78, 5) is 0. The van der Waals surface area contributed by atoms with Gasteiger partial charge in [-0.1, -0.05) is 97.8 Å². The molecule has 0 aliphatic heterocycles. The Morgan fingerprint density at radius 1 is 0.806 bits per heavy atom. The average molecular weight is 443 g/mol. The lowest BCUT2D eigenvalue weighted by molar-refractivity contribution is -0.137. The second kappa shape index (κ2) is 13.5. The fourth-order valence-electron chi connectivity index (χ4n) is 5.01. The van der Waals surface area contributed by atoms with Crippen LogP contribution in [0.25, 0.3) is 0 Å². The third-order valence-electron chi connectivity index (χ3n) is 6.93. The normalized spacial score (nSPS) is 13.9. The molecule has 1 rings (SSSR count). The van der Waals surface area contributed by atoms with Gasteiger partial charge in [-0.15, -0.1) is 0 Å². The van der Waals surface area contributed by atoms with Crippen LogP contribution in [-0.4, -0.2) is 10.7 Å². The lowest BCUT2D eigenvalue weighted by atomic mass is 9.68. The maximum absolute atomic E-state index is 12.9. The van der Waals surface area contributed by atoms with Gasteiger partial charge in [0.2, 0.25) is 0 Å². The van der Waals surface area contributed by atoms with Crippen molar-refractivity contribution in [3.8, 4) is 0 Å². The molecule has 1 N–H and O–H groups in total.